The smallest absolute Gasteiger partial charge is 0.295 e. The monoisotopic (exact) mass is 493 g/mol. The fraction of sp³-hybridized carbons (Fsp3) is 0.448. The summed E-state index contributed by atoms with van der Waals surface area (Å²) in [6, 6.07) is 12.0. The number of ether oxygens (including phenoxy) is 3. The van der Waals surface area contributed by atoms with Gasteiger partial charge in [-0.15, -0.1) is 0 Å². The summed E-state index contributed by atoms with van der Waals surface area (Å²) in [6.07, 6.45) is 1.62. The van der Waals surface area contributed by atoms with Crippen LogP contribution in [-0.2, 0) is 14.3 Å². The number of amides is 1. The van der Waals surface area contributed by atoms with E-state index in [2.05, 4.69) is 0 Å². The average Bonchev–Trinajstić information content (AvgIpc) is 3.47. The number of benzene rings is 2. The van der Waals surface area contributed by atoms with Crippen molar-refractivity contribution in [1.29, 1.82) is 0 Å². The minimum absolute atomic E-state index is 0.0843. The minimum Gasteiger partial charge on any atom is -0.507 e. The summed E-state index contributed by atoms with van der Waals surface area (Å²) >= 11 is 0. The van der Waals surface area contributed by atoms with Crippen LogP contribution in [0.5, 0.6) is 11.5 Å². The summed E-state index contributed by atoms with van der Waals surface area (Å²) < 4.78 is 17.1. The van der Waals surface area contributed by atoms with Crippen molar-refractivity contribution in [3.63, 3.8) is 0 Å². The number of ketones is 1. The highest BCUT2D eigenvalue weighted by Gasteiger charge is 2.47. The van der Waals surface area contributed by atoms with Gasteiger partial charge in [0.2, 0.25) is 0 Å². The van der Waals surface area contributed by atoms with Gasteiger partial charge in [-0.05, 0) is 74.1 Å². The van der Waals surface area contributed by atoms with E-state index < -0.39 is 17.7 Å². The van der Waals surface area contributed by atoms with E-state index in [0.29, 0.717) is 37.7 Å². The molecule has 0 spiro atoms. The largest absolute Gasteiger partial charge is 0.507 e. The molecule has 2 saturated heterocycles. The minimum atomic E-state index is -0.723. The quantitative estimate of drug-likeness (QED) is 0.293. The van der Waals surface area contributed by atoms with Crippen LogP contribution in [0.4, 0.5) is 0 Å². The third-order valence-corrected chi connectivity index (χ3v) is 6.68. The van der Waals surface area contributed by atoms with Crippen LogP contribution in [0.3, 0.4) is 0 Å². The molecule has 2 atom stereocenters. The second kappa shape index (κ2) is 11.2. The highest BCUT2D eigenvalue weighted by Crippen LogP contribution is 2.41. The van der Waals surface area contributed by atoms with Gasteiger partial charge in [-0.1, -0.05) is 26.0 Å². The van der Waals surface area contributed by atoms with E-state index in [0.717, 1.165) is 29.7 Å². The van der Waals surface area contributed by atoms with Crippen molar-refractivity contribution in [3.05, 3.63) is 64.7 Å². The maximum absolute atomic E-state index is 13.3. The second-order valence-corrected chi connectivity index (χ2v) is 9.43. The molecule has 2 heterocycles. The van der Waals surface area contributed by atoms with Crippen molar-refractivity contribution >= 4 is 17.4 Å². The summed E-state index contributed by atoms with van der Waals surface area (Å²) in [5.74, 6) is 0.0804. The van der Waals surface area contributed by atoms with Crippen LogP contribution in [0.2, 0.25) is 0 Å². The van der Waals surface area contributed by atoms with E-state index in [-0.39, 0.29) is 23.4 Å². The van der Waals surface area contributed by atoms with Gasteiger partial charge in [0, 0.05) is 18.7 Å². The number of hydrogen-bond acceptors (Lipinski definition) is 6. The van der Waals surface area contributed by atoms with Gasteiger partial charge in [-0.25, -0.2) is 0 Å². The van der Waals surface area contributed by atoms with E-state index in [1.165, 1.54) is 4.90 Å². The summed E-state index contributed by atoms with van der Waals surface area (Å²) in [5, 5.41) is 11.5. The van der Waals surface area contributed by atoms with Gasteiger partial charge >= 0.3 is 0 Å². The molecule has 2 aliphatic rings. The normalized spacial score (nSPS) is 21.4. The van der Waals surface area contributed by atoms with Gasteiger partial charge in [0.1, 0.15) is 17.3 Å². The molecule has 2 aromatic rings. The Labute approximate surface area is 212 Å². The summed E-state index contributed by atoms with van der Waals surface area (Å²) in [4.78, 5) is 28.1. The zero-order chi connectivity index (χ0) is 25.8. The van der Waals surface area contributed by atoms with Crippen molar-refractivity contribution in [2.45, 2.75) is 58.6 Å². The molecule has 2 fully saturated rings. The molecular weight excluding hydrogens is 458 g/mol. The molecule has 192 valence electrons. The maximum atomic E-state index is 13.3. The Kier molecular flexibility index (Phi) is 7.99. The molecule has 1 N–H and O–H groups in total. The van der Waals surface area contributed by atoms with Gasteiger partial charge in [0.25, 0.3) is 11.7 Å². The first-order chi connectivity index (χ1) is 17.3. The molecule has 2 aromatic carbocycles. The lowest BCUT2D eigenvalue weighted by atomic mass is 9.93. The fourth-order valence-corrected chi connectivity index (χ4v) is 4.92. The first-order valence-corrected chi connectivity index (χ1v) is 12.8. The molecule has 1 amide bonds. The van der Waals surface area contributed by atoms with E-state index in [9.17, 15) is 14.7 Å². The lowest BCUT2D eigenvalue weighted by Gasteiger charge is -2.27. The van der Waals surface area contributed by atoms with E-state index in [4.69, 9.17) is 14.2 Å². The molecule has 0 aliphatic carbocycles. The van der Waals surface area contributed by atoms with Gasteiger partial charge in [-0.2, -0.15) is 0 Å². The highest BCUT2D eigenvalue weighted by atomic mass is 16.5. The first kappa shape index (κ1) is 25.8. The Balaban J connectivity index is 1.81. The van der Waals surface area contributed by atoms with Crippen molar-refractivity contribution in [2.75, 3.05) is 26.4 Å². The Hall–Kier alpha value is -3.32. The number of hydrogen-bond donors (Lipinski definition) is 1. The lowest BCUT2D eigenvalue weighted by molar-refractivity contribution is -0.140. The molecule has 7 heteroatoms. The molecule has 0 bridgehead atoms. The Bertz CT molecular complexity index is 1130. The summed E-state index contributed by atoms with van der Waals surface area (Å²) in [7, 11) is 0. The van der Waals surface area contributed by atoms with Gasteiger partial charge in [0.05, 0.1) is 30.9 Å². The standard InChI is InChI=1S/C29H35NO6/c1-5-34-21-12-9-19(10-13-21)26-25(28(32)29(33)30(26)17-22-8-7-15-36-22)27(31)20-11-14-24(35-6-2)23(16-20)18(3)4/h9-14,16,18,22,26,31H,5-8,15,17H2,1-4H3/b27-25-. The molecule has 7 nitrogen and oxygen atoms in total. The number of carbonyl (C=O) groups is 2. The average molecular weight is 494 g/mol. The van der Waals surface area contributed by atoms with E-state index in [1.54, 1.807) is 6.07 Å². The number of likely N-dealkylation sites (tertiary alicyclic amines) is 1. The zero-order valence-corrected chi connectivity index (χ0v) is 21.5. The fourth-order valence-electron chi connectivity index (χ4n) is 4.92. The van der Waals surface area contributed by atoms with Crippen LogP contribution < -0.4 is 9.47 Å². The summed E-state index contributed by atoms with van der Waals surface area (Å²) in [6.45, 7) is 9.91. The van der Waals surface area contributed by atoms with Crippen LogP contribution in [0, 0.1) is 0 Å². The predicted molar refractivity (Wildman–Crippen MR) is 137 cm³/mol. The maximum Gasteiger partial charge on any atom is 0.295 e. The molecule has 0 aromatic heterocycles. The van der Waals surface area contributed by atoms with Crippen molar-refractivity contribution in [2.24, 2.45) is 0 Å². The third kappa shape index (κ3) is 5.12. The Morgan fingerprint density at radius 3 is 2.42 bits per heavy atom. The molecule has 0 saturated carbocycles. The van der Waals surface area contributed by atoms with E-state index in [1.807, 2.05) is 64.1 Å². The SMILES string of the molecule is CCOc1ccc(C2/C(=C(/O)c3ccc(OCC)c(C(C)C)c3)C(=O)C(=O)N2CC2CCCO2)cc1. The lowest BCUT2D eigenvalue weighted by Crippen LogP contribution is -2.36. The number of rotatable bonds is 9. The highest BCUT2D eigenvalue weighted by molar-refractivity contribution is 6.46. The summed E-state index contributed by atoms with van der Waals surface area (Å²) in [5.41, 5.74) is 2.22. The Morgan fingerprint density at radius 2 is 1.81 bits per heavy atom. The molecule has 36 heavy (non-hydrogen) atoms. The third-order valence-electron chi connectivity index (χ3n) is 6.68. The van der Waals surface area contributed by atoms with Crippen LogP contribution in [-0.4, -0.2) is 54.2 Å². The topological polar surface area (TPSA) is 85.3 Å². The van der Waals surface area contributed by atoms with Gasteiger partial charge < -0.3 is 24.2 Å². The van der Waals surface area contributed by atoms with Crippen molar-refractivity contribution < 1.29 is 28.9 Å². The number of carbonyl (C=O) groups excluding carboxylic acids is 2. The van der Waals surface area contributed by atoms with Crippen LogP contribution in [0.15, 0.2) is 48.0 Å². The van der Waals surface area contributed by atoms with Gasteiger partial charge in [0.15, 0.2) is 0 Å². The first-order valence-electron chi connectivity index (χ1n) is 12.8. The van der Waals surface area contributed by atoms with Crippen LogP contribution >= 0.6 is 0 Å². The number of nitrogens with zero attached hydrogens (tertiary/aromatic N) is 1. The van der Waals surface area contributed by atoms with Crippen molar-refractivity contribution in [3.8, 4) is 11.5 Å². The molecule has 2 aliphatic heterocycles. The van der Waals surface area contributed by atoms with Crippen LogP contribution in [0.1, 0.15) is 69.2 Å². The van der Waals surface area contributed by atoms with Crippen LogP contribution in [0.25, 0.3) is 5.76 Å². The number of aliphatic hydroxyl groups is 1. The molecular formula is C29H35NO6. The molecule has 4 rings (SSSR count). The Morgan fingerprint density at radius 1 is 1.08 bits per heavy atom. The number of Topliss-reactive ketones (excluding diaryl/α,β-unsaturated/α-hetero) is 1. The number of aliphatic hydroxyl groups excluding tert-OH is 1. The predicted octanol–water partition coefficient (Wildman–Crippen LogP) is 5.21. The molecule has 0 radical (unpaired) electrons. The molecule has 2 unspecified atom stereocenters. The van der Waals surface area contributed by atoms with Crippen molar-refractivity contribution in [1.82, 2.24) is 4.90 Å². The van der Waals surface area contributed by atoms with Gasteiger partial charge in [-0.3, -0.25) is 9.59 Å². The van der Waals surface area contributed by atoms with E-state index >= 15 is 0 Å². The second-order valence-electron chi connectivity index (χ2n) is 9.43. The zero-order valence-electron chi connectivity index (χ0n) is 21.5.